The van der Waals surface area contributed by atoms with Crippen LogP contribution in [-0.2, 0) is 6.42 Å². The number of benzene rings is 1. The Balaban J connectivity index is 1.47. The van der Waals surface area contributed by atoms with Crippen LogP contribution in [0.3, 0.4) is 0 Å². The van der Waals surface area contributed by atoms with Gasteiger partial charge in [-0.1, -0.05) is 46.6 Å². The zero-order chi connectivity index (χ0) is 16.2. The Morgan fingerprint density at radius 2 is 1.74 bits per heavy atom. The van der Waals surface area contributed by atoms with Gasteiger partial charge in [0.1, 0.15) is 5.15 Å². The van der Waals surface area contributed by atoms with E-state index in [2.05, 4.69) is 15.0 Å². The van der Waals surface area contributed by atoms with E-state index in [0.29, 0.717) is 20.8 Å². The van der Waals surface area contributed by atoms with Crippen LogP contribution in [0, 0.1) is 0 Å². The zero-order valence-electron chi connectivity index (χ0n) is 12.2. The lowest BCUT2D eigenvalue weighted by atomic mass is 10.1. The van der Waals surface area contributed by atoms with Crippen LogP contribution in [-0.4, -0.2) is 20.7 Å². The lowest BCUT2D eigenvalue weighted by molar-refractivity contribution is 0.801. The molecule has 0 saturated carbocycles. The maximum atomic E-state index is 6.00. The number of nitrogens with zero attached hydrogens (tertiary/aromatic N) is 2. The normalized spacial score (nSPS) is 11.3. The van der Waals surface area contributed by atoms with E-state index in [4.69, 9.17) is 34.8 Å². The van der Waals surface area contributed by atoms with Crippen molar-refractivity contribution in [2.45, 2.75) is 24.4 Å². The summed E-state index contributed by atoms with van der Waals surface area (Å²) in [5, 5.41) is 2.71. The third-order valence-corrected chi connectivity index (χ3v) is 4.92. The number of thioether (sulfide) groups is 1. The molecule has 3 nitrogen and oxygen atoms in total. The van der Waals surface area contributed by atoms with Crippen molar-refractivity contribution in [3.63, 3.8) is 0 Å². The van der Waals surface area contributed by atoms with Gasteiger partial charge in [0.2, 0.25) is 0 Å². The summed E-state index contributed by atoms with van der Waals surface area (Å²) >= 11 is 19.6. The third kappa shape index (κ3) is 4.77. The van der Waals surface area contributed by atoms with Gasteiger partial charge in [0.25, 0.3) is 0 Å². The molecule has 0 aliphatic carbocycles. The van der Waals surface area contributed by atoms with Crippen molar-refractivity contribution in [3.05, 3.63) is 51.1 Å². The van der Waals surface area contributed by atoms with Crippen molar-refractivity contribution in [1.29, 1.82) is 0 Å². The maximum absolute atomic E-state index is 6.00. The van der Waals surface area contributed by atoms with E-state index >= 15 is 0 Å². The number of unbranched alkanes of at least 4 members (excludes halogenated alkanes) is 1. The predicted molar refractivity (Wildman–Crippen MR) is 99.0 cm³/mol. The molecule has 0 aliphatic heterocycles. The smallest absolute Gasteiger partial charge is 0.180 e. The molecule has 1 aromatic carbocycles. The fourth-order valence-electron chi connectivity index (χ4n) is 2.27. The summed E-state index contributed by atoms with van der Waals surface area (Å²) < 4.78 is 0. The SMILES string of the molecule is Clc1cc(Cl)cc(CCCCSc2nc3nc(Cl)ccc3[nH]2)c1. The first-order valence-corrected chi connectivity index (χ1v) is 9.32. The van der Waals surface area contributed by atoms with Gasteiger partial charge in [-0.25, -0.2) is 9.97 Å². The quantitative estimate of drug-likeness (QED) is 0.319. The number of hydrogen-bond donors (Lipinski definition) is 1. The highest BCUT2D eigenvalue weighted by Gasteiger charge is 2.05. The third-order valence-electron chi connectivity index (χ3n) is 3.31. The van der Waals surface area contributed by atoms with Crippen molar-refractivity contribution in [1.82, 2.24) is 15.0 Å². The zero-order valence-corrected chi connectivity index (χ0v) is 15.2. The number of H-pyrrole nitrogens is 1. The molecule has 0 unspecified atom stereocenters. The Kier molecular flexibility index (Phi) is 5.70. The number of halogens is 3. The molecule has 23 heavy (non-hydrogen) atoms. The van der Waals surface area contributed by atoms with E-state index in [-0.39, 0.29) is 0 Å². The first-order valence-electron chi connectivity index (χ1n) is 7.20. The molecule has 0 saturated heterocycles. The predicted octanol–water partition coefficient (Wildman–Crippen LogP) is 6.03. The van der Waals surface area contributed by atoms with Gasteiger partial charge in [0, 0.05) is 15.8 Å². The van der Waals surface area contributed by atoms with E-state index in [1.807, 2.05) is 18.2 Å². The van der Waals surface area contributed by atoms with Crippen LogP contribution >= 0.6 is 46.6 Å². The van der Waals surface area contributed by atoms with Gasteiger partial charge in [0.15, 0.2) is 10.8 Å². The number of aryl methyl sites for hydroxylation is 1. The number of fused-ring (bicyclic) bond motifs is 1. The van der Waals surface area contributed by atoms with Crippen molar-refractivity contribution in [2.75, 3.05) is 5.75 Å². The Morgan fingerprint density at radius 3 is 2.52 bits per heavy atom. The highest BCUT2D eigenvalue weighted by atomic mass is 35.5. The molecule has 7 heteroatoms. The molecule has 0 atom stereocenters. The van der Waals surface area contributed by atoms with Crippen molar-refractivity contribution < 1.29 is 0 Å². The van der Waals surface area contributed by atoms with Crippen LogP contribution < -0.4 is 0 Å². The first-order chi connectivity index (χ1) is 11.1. The minimum atomic E-state index is 0.459. The molecule has 0 fully saturated rings. The van der Waals surface area contributed by atoms with E-state index in [1.54, 1.807) is 23.9 Å². The van der Waals surface area contributed by atoms with Crippen molar-refractivity contribution in [3.8, 4) is 0 Å². The summed E-state index contributed by atoms with van der Waals surface area (Å²) in [6.07, 6.45) is 3.13. The lowest BCUT2D eigenvalue weighted by Crippen LogP contribution is -1.88. The molecule has 3 aromatic rings. The Hall–Kier alpha value is -0.940. The minimum absolute atomic E-state index is 0.459. The monoisotopic (exact) mass is 385 g/mol. The Morgan fingerprint density at radius 1 is 0.957 bits per heavy atom. The molecule has 0 aliphatic rings. The van der Waals surface area contributed by atoms with Crippen LogP contribution in [0.15, 0.2) is 35.5 Å². The number of pyridine rings is 1. The molecule has 2 heterocycles. The van der Waals surface area contributed by atoms with E-state index < -0.39 is 0 Å². The van der Waals surface area contributed by atoms with Crippen LogP contribution in [0.2, 0.25) is 15.2 Å². The van der Waals surface area contributed by atoms with Gasteiger partial charge in [-0.05, 0) is 55.2 Å². The molecular weight excluding hydrogens is 373 g/mol. The summed E-state index contributed by atoms with van der Waals surface area (Å²) in [7, 11) is 0. The van der Waals surface area contributed by atoms with Gasteiger partial charge < -0.3 is 4.98 Å². The second-order valence-electron chi connectivity index (χ2n) is 5.13. The number of rotatable bonds is 6. The van der Waals surface area contributed by atoms with Crippen LogP contribution in [0.25, 0.3) is 11.2 Å². The topological polar surface area (TPSA) is 41.6 Å². The minimum Gasteiger partial charge on any atom is -0.332 e. The van der Waals surface area contributed by atoms with Gasteiger partial charge in [0.05, 0.1) is 5.52 Å². The molecule has 2 aromatic heterocycles. The molecule has 0 bridgehead atoms. The summed E-state index contributed by atoms with van der Waals surface area (Å²) in [4.78, 5) is 11.9. The highest BCUT2D eigenvalue weighted by Crippen LogP contribution is 2.23. The number of imidazole rings is 1. The van der Waals surface area contributed by atoms with E-state index in [0.717, 1.165) is 35.7 Å². The van der Waals surface area contributed by atoms with Gasteiger partial charge in [-0.15, -0.1) is 0 Å². The van der Waals surface area contributed by atoms with Gasteiger partial charge in [-0.3, -0.25) is 0 Å². The maximum Gasteiger partial charge on any atom is 0.180 e. The fourth-order valence-corrected chi connectivity index (χ4v) is 3.86. The number of hydrogen-bond acceptors (Lipinski definition) is 3. The second-order valence-corrected chi connectivity index (χ2v) is 7.47. The standard InChI is InChI=1S/C16H14Cl3N3S/c17-11-7-10(8-12(18)9-11)3-1-2-6-23-16-20-13-4-5-14(19)21-15(13)22-16/h4-5,7-9H,1-3,6H2,(H,20,21,22). The van der Waals surface area contributed by atoms with Gasteiger partial charge in [-0.2, -0.15) is 0 Å². The van der Waals surface area contributed by atoms with Crippen molar-refractivity contribution in [2.24, 2.45) is 0 Å². The number of nitrogens with one attached hydrogen (secondary N) is 1. The number of aromatic amines is 1. The summed E-state index contributed by atoms with van der Waals surface area (Å²) in [5.41, 5.74) is 2.74. The van der Waals surface area contributed by atoms with E-state index in [9.17, 15) is 0 Å². The molecular formula is C16H14Cl3N3S. The highest BCUT2D eigenvalue weighted by molar-refractivity contribution is 7.99. The van der Waals surface area contributed by atoms with Gasteiger partial charge >= 0.3 is 0 Å². The first kappa shape index (κ1) is 16.9. The summed E-state index contributed by atoms with van der Waals surface area (Å²) in [6, 6.07) is 9.34. The molecule has 120 valence electrons. The molecule has 0 spiro atoms. The summed E-state index contributed by atoms with van der Waals surface area (Å²) in [5.74, 6) is 0.988. The molecule has 1 N–H and O–H groups in total. The average Bonchev–Trinajstić information content (AvgIpc) is 2.87. The number of aromatic nitrogens is 3. The fraction of sp³-hybridized carbons (Fsp3) is 0.250. The Bertz CT molecular complexity index is 799. The average molecular weight is 387 g/mol. The van der Waals surface area contributed by atoms with Crippen molar-refractivity contribution >= 4 is 57.7 Å². The summed E-state index contributed by atoms with van der Waals surface area (Å²) in [6.45, 7) is 0. The van der Waals surface area contributed by atoms with Crippen LogP contribution in [0.1, 0.15) is 18.4 Å². The largest absolute Gasteiger partial charge is 0.332 e. The van der Waals surface area contributed by atoms with Crippen LogP contribution in [0.5, 0.6) is 0 Å². The molecule has 3 rings (SSSR count). The van der Waals surface area contributed by atoms with Crippen LogP contribution in [0.4, 0.5) is 0 Å². The molecule has 0 radical (unpaired) electrons. The molecule has 0 amide bonds. The Labute approximate surface area is 153 Å². The van der Waals surface area contributed by atoms with E-state index in [1.165, 1.54) is 5.56 Å². The second kappa shape index (κ2) is 7.75. The lowest BCUT2D eigenvalue weighted by Gasteiger charge is -2.03.